The maximum atomic E-state index is 12.0. The zero-order valence-electron chi connectivity index (χ0n) is 12.0. The molecule has 0 bridgehead atoms. The first-order valence-corrected chi connectivity index (χ1v) is 7.14. The van der Waals surface area contributed by atoms with E-state index in [4.69, 9.17) is 4.74 Å². The molecule has 0 unspecified atom stereocenters. The number of benzene rings is 1. The predicted octanol–water partition coefficient (Wildman–Crippen LogP) is 2.53. The van der Waals surface area contributed by atoms with Gasteiger partial charge in [-0.3, -0.25) is 0 Å². The van der Waals surface area contributed by atoms with E-state index in [0.29, 0.717) is 23.8 Å². The fraction of sp³-hybridized carbons (Fsp3) is 0.312. The summed E-state index contributed by atoms with van der Waals surface area (Å²) in [6.45, 7) is 3.97. The quantitative estimate of drug-likeness (QED) is 0.807. The molecule has 0 spiro atoms. The van der Waals surface area contributed by atoms with Crippen LogP contribution in [0, 0.1) is 0 Å². The summed E-state index contributed by atoms with van der Waals surface area (Å²) < 4.78 is 5.09. The minimum Gasteiger partial charge on any atom is -0.462 e. The predicted molar refractivity (Wildman–Crippen MR) is 80.3 cm³/mol. The van der Waals surface area contributed by atoms with Gasteiger partial charge in [-0.2, -0.15) is 0 Å². The number of carbonyl (C=O) groups excluding carboxylic acids is 1. The lowest BCUT2D eigenvalue weighted by Gasteiger charge is -2.33. The van der Waals surface area contributed by atoms with Gasteiger partial charge < -0.3 is 9.64 Å². The van der Waals surface area contributed by atoms with E-state index in [1.165, 1.54) is 0 Å². The highest BCUT2D eigenvalue weighted by molar-refractivity contribution is 5.95. The molecule has 0 N–H and O–H groups in total. The number of hydrogen-bond donors (Lipinski definition) is 0. The van der Waals surface area contributed by atoms with Gasteiger partial charge in [-0.25, -0.2) is 14.8 Å². The van der Waals surface area contributed by atoms with E-state index in [1.54, 1.807) is 13.1 Å². The Morgan fingerprint density at radius 1 is 1.29 bits per heavy atom. The Kier molecular flexibility index (Phi) is 3.81. The van der Waals surface area contributed by atoms with E-state index in [0.717, 1.165) is 25.1 Å². The van der Waals surface area contributed by atoms with E-state index in [9.17, 15) is 4.79 Å². The number of carbonyl (C=O) groups is 1. The van der Waals surface area contributed by atoms with Crippen LogP contribution in [0.5, 0.6) is 0 Å². The SMILES string of the molecule is CCOC(=O)c1cnc(-c2ccccc2)nc1N1CCC1. The van der Waals surface area contributed by atoms with Crippen molar-refractivity contribution in [2.24, 2.45) is 0 Å². The molecule has 0 radical (unpaired) electrons. The molecule has 1 aliphatic rings. The molecule has 3 rings (SSSR count). The van der Waals surface area contributed by atoms with Crippen LogP contribution in [0.25, 0.3) is 11.4 Å². The number of rotatable bonds is 4. The molecule has 1 aromatic carbocycles. The molecule has 1 aromatic heterocycles. The molecule has 0 aliphatic carbocycles. The summed E-state index contributed by atoms with van der Waals surface area (Å²) in [7, 11) is 0. The van der Waals surface area contributed by atoms with Crippen molar-refractivity contribution in [3.05, 3.63) is 42.1 Å². The van der Waals surface area contributed by atoms with Crippen molar-refractivity contribution in [2.45, 2.75) is 13.3 Å². The highest BCUT2D eigenvalue weighted by atomic mass is 16.5. The van der Waals surface area contributed by atoms with Crippen LogP contribution in [-0.2, 0) is 4.74 Å². The first kappa shape index (κ1) is 13.5. The van der Waals surface area contributed by atoms with E-state index < -0.39 is 0 Å². The average molecular weight is 283 g/mol. The largest absolute Gasteiger partial charge is 0.462 e. The maximum absolute atomic E-state index is 12.0. The molecule has 1 aliphatic heterocycles. The van der Waals surface area contributed by atoms with Crippen LogP contribution >= 0.6 is 0 Å². The lowest BCUT2D eigenvalue weighted by Crippen LogP contribution is -2.39. The molecule has 5 nitrogen and oxygen atoms in total. The van der Waals surface area contributed by atoms with Crippen LogP contribution in [0.15, 0.2) is 36.5 Å². The zero-order chi connectivity index (χ0) is 14.7. The fourth-order valence-corrected chi connectivity index (χ4v) is 2.22. The number of esters is 1. The minimum atomic E-state index is -0.362. The summed E-state index contributed by atoms with van der Waals surface area (Å²) in [6, 6.07) is 9.76. The Morgan fingerprint density at radius 3 is 2.67 bits per heavy atom. The number of nitrogens with zero attached hydrogens (tertiary/aromatic N) is 3. The highest BCUT2D eigenvalue weighted by Crippen LogP contribution is 2.26. The van der Waals surface area contributed by atoms with Gasteiger partial charge in [-0.15, -0.1) is 0 Å². The lowest BCUT2D eigenvalue weighted by molar-refractivity contribution is 0.0526. The van der Waals surface area contributed by atoms with Gasteiger partial charge in [0.1, 0.15) is 11.4 Å². The molecule has 21 heavy (non-hydrogen) atoms. The second kappa shape index (κ2) is 5.91. The van der Waals surface area contributed by atoms with Crippen molar-refractivity contribution in [3.8, 4) is 11.4 Å². The van der Waals surface area contributed by atoms with Gasteiger partial charge in [-0.1, -0.05) is 30.3 Å². The van der Waals surface area contributed by atoms with Gasteiger partial charge in [0, 0.05) is 24.8 Å². The molecule has 0 amide bonds. The minimum absolute atomic E-state index is 0.346. The van der Waals surface area contributed by atoms with E-state index in [2.05, 4.69) is 14.9 Å². The van der Waals surface area contributed by atoms with Crippen LogP contribution in [0.4, 0.5) is 5.82 Å². The van der Waals surface area contributed by atoms with Crippen LogP contribution in [-0.4, -0.2) is 35.6 Å². The third-order valence-electron chi connectivity index (χ3n) is 3.45. The molecular weight excluding hydrogens is 266 g/mol. The lowest BCUT2D eigenvalue weighted by atomic mass is 10.1. The third-order valence-corrected chi connectivity index (χ3v) is 3.45. The molecule has 1 saturated heterocycles. The van der Waals surface area contributed by atoms with Crippen molar-refractivity contribution in [3.63, 3.8) is 0 Å². The van der Waals surface area contributed by atoms with Gasteiger partial charge in [0.05, 0.1) is 6.61 Å². The Bertz CT molecular complexity index is 639. The van der Waals surface area contributed by atoms with E-state index in [1.807, 2.05) is 30.3 Å². The van der Waals surface area contributed by atoms with Gasteiger partial charge in [0.2, 0.25) is 0 Å². The first-order chi connectivity index (χ1) is 10.3. The second-order valence-electron chi connectivity index (χ2n) is 4.86. The molecule has 108 valence electrons. The topological polar surface area (TPSA) is 55.3 Å². The number of ether oxygens (including phenoxy) is 1. The maximum Gasteiger partial charge on any atom is 0.343 e. The summed E-state index contributed by atoms with van der Waals surface area (Å²) in [6.07, 6.45) is 2.69. The molecule has 2 aromatic rings. The molecule has 5 heteroatoms. The van der Waals surface area contributed by atoms with Gasteiger partial charge >= 0.3 is 5.97 Å². The van der Waals surface area contributed by atoms with Crippen molar-refractivity contribution in [1.29, 1.82) is 0 Å². The smallest absolute Gasteiger partial charge is 0.343 e. The third kappa shape index (κ3) is 2.72. The summed E-state index contributed by atoms with van der Waals surface area (Å²) in [5.74, 6) is 0.943. The van der Waals surface area contributed by atoms with Gasteiger partial charge in [0.25, 0.3) is 0 Å². The Morgan fingerprint density at radius 2 is 2.05 bits per heavy atom. The highest BCUT2D eigenvalue weighted by Gasteiger charge is 2.24. The van der Waals surface area contributed by atoms with Crippen molar-refractivity contribution >= 4 is 11.8 Å². The standard InChI is InChI=1S/C16H17N3O2/c1-2-21-16(20)13-11-17-14(12-7-4-3-5-8-12)18-15(13)19-9-6-10-19/h3-5,7-8,11H,2,6,9-10H2,1H3. The summed E-state index contributed by atoms with van der Waals surface area (Å²) in [5.41, 5.74) is 1.38. The van der Waals surface area contributed by atoms with Crippen molar-refractivity contribution < 1.29 is 9.53 Å². The first-order valence-electron chi connectivity index (χ1n) is 7.14. The number of hydrogen-bond acceptors (Lipinski definition) is 5. The monoisotopic (exact) mass is 283 g/mol. The second-order valence-corrected chi connectivity index (χ2v) is 4.86. The van der Waals surface area contributed by atoms with Gasteiger partial charge in [-0.05, 0) is 13.3 Å². The summed E-state index contributed by atoms with van der Waals surface area (Å²) >= 11 is 0. The van der Waals surface area contributed by atoms with E-state index >= 15 is 0 Å². The molecule has 1 fully saturated rings. The molecular formula is C16H17N3O2. The van der Waals surface area contributed by atoms with Gasteiger partial charge in [0.15, 0.2) is 5.82 Å². The Balaban J connectivity index is 2.00. The summed E-state index contributed by atoms with van der Waals surface area (Å²) in [4.78, 5) is 23.0. The Hall–Kier alpha value is -2.43. The fourth-order valence-electron chi connectivity index (χ4n) is 2.22. The molecule has 0 atom stereocenters. The van der Waals surface area contributed by atoms with Crippen molar-refractivity contribution in [1.82, 2.24) is 9.97 Å². The Labute approximate surface area is 123 Å². The molecule has 0 saturated carbocycles. The zero-order valence-corrected chi connectivity index (χ0v) is 12.0. The van der Waals surface area contributed by atoms with Crippen LogP contribution in [0.2, 0.25) is 0 Å². The molecule has 2 heterocycles. The summed E-state index contributed by atoms with van der Waals surface area (Å²) in [5, 5.41) is 0. The van der Waals surface area contributed by atoms with E-state index in [-0.39, 0.29) is 5.97 Å². The van der Waals surface area contributed by atoms with Crippen LogP contribution < -0.4 is 4.90 Å². The van der Waals surface area contributed by atoms with Crippen molar-refractivity contribution in [2.75, 3.05) is 24.6 Å². The van der Waals surface area contributed by atoms with Crippen LogP contribution in [0.1, 0.15) is 23.7 Å². The normalized spacial score (nSPS) is 13.7. The number of anilines is 1. The van der Waals surface area contributed by atoms with Crippen LogP contribution in [0.3, 0.4) is 0 Å². The average Bonchev–Trinajstić information content (AvgIpc) is 2.46. The number of aromatic nitrogens is 2.